The van der Waals surface area contributed by atoms with Crippen LogP contribution >= 0.6 is 0 Å². The van der Waals surface area contributed by atoms with Gasteiger partial charge in [-0.25, -0.2) is 0 Å². The van der Waals surface area contributed by atoms with E-state index in [9.17, 15) is 4.79 Å². The van der Waals surface area contributed by atoms with E-state index in [1.165, 1.54) is 44.9 Å². The van der Waals surface area contributed by atoms with Crippen LogP contribution in [-0.2, 0) is 9.53 Å². The first-order valence-corrected chi connectivity index (χ1v) is 9.13. The van der Waals surface area contributed by atoms with Crippen LogP contribution in [0.3, 0.4) is 0 Å². The lowest BCUT2D eigenvalue weighted by Crippen LogP contribution is -2.44. The molecule has 0 aromatic heterocycles. The zero-order valence-corrected chi connectivity index (χ0v) is 13.9. The van der Waals surface area contributed by atoms with E-state index in [0.29, 0.717) is 18.7 Å². The lowest BCUT2D eigenvalue weighted by molar-refractivity contribution is -0.149. The zero-order valence-electron chi connectivity index (χ0n) is 13.9. The predicted octanol–water partition coefficient (Wildman–Crippen LogP) is 4.06. The van der Waals surface area contributed by atoms with Gasteiger partial charge in [0, 0.05) is 12.1 Å². The van der Waals surface area contributed by atoms with Crippen LogP contribution in [0, 0.1) is 11.8 Å². The van der Waals surface area contributed by atoms with Crippen LogP contribution in [0.2, 0.25) is 0 Å². The molecule has 0 saturated heterocycles. The molecule has 2 aliphatic rings. The second kappa shape index (κ2) is 8.77. The fourth-order valence-corrected chi connectivity index (χ4v) is 4.13. The first kappa shape index (κ1) is 16.8. The molecule has 2 fully saturated rings. The fourth-order valence-electron chi connectivity index (χ4n) is 4.13. The van der Waals surface area contributed by atoms with Crippen LogP contribution in [0.4, 0.5) is 0 Å². The monoisotopic (exact) mass is 295 g/mol. The summed E-state index contributed by atoms with van der Waals surface area (Å²) in [5, 5.41) is 3.84. The van der Waals surface area contributed by atoms with Crippen LogP contribution in [0.25, 0.3) is 0 Å². The van der Waals surface area contributed by atoms with Crippen molar-refractivity contribution in [3.63, 3.8) is 0 Å². The summed E-state index contributed by atoms with van der Waals surface area (Å²) >= 11 is 0. The van der Waals surface area contributed by atoms with Crippen molar-refractivity contribution in [1.29, 1.82) is 0 Å². The largest absolute Gasteiger partial charge is 0.466 e. The Kier molecular flexibility index (Phi) is 7.01. The molecule has 0 aromatic rings. The van der Waals surface area contributed by atoms with E-state index < -0.39 is 0 Å². The van der Waals surface area contributed by atoms with E-state index in [1.807, 2.05) is 6.92 Å². The average Bonchev–Trinajstić information content (AvgIpc) is 2.77. The third kappa shape index (κ3) is 5.28. The molecule has 2 aliphatic carbocycles. The van der Waals surface area contributed by atoms with Gasteiger partial charge in [-0.3, -0.25) is 4.79 Å². The minimum Gasteiger partial charge on any atom is -0.466 e. The van der Waals surface area contributed by atoms with Gasteiger partial charge in [0.1, 0.15) is 0 Å². The summed E-state index contributed by atoms with van der Waals surface area (Å²) < 4.78 is 5.20. The van der Waals surface area contributed by atoms with Crippen LogP contribution < -0.4 is 5.32 Å². The summed E-state index contributed by atoms with van der Waals surface area (Å²) in [6, 6.07) is 1.10. The second-order valence-corrected chi connectivity index (χ2v) is 7.02. The van der Waals surface area contributed by atoms with Gasteiger partial charge in [-0.05, 0) is 51.9 Å². The zero-order chi connectivity index (χ0) is 15.1. The Morgan fingerprint density at radius 3 is 2.48 bits per heavy atom. The van der Waals surface area contributed by atoms with Crippen molar-refractivity contribution < 1.29 is 9.53 Å². The fraction of sp³-hybridized carbons (Fsp3) is 0.944. The number of carbonyl (C=O) groups excluding carboxylic acids is 1. The highest BCUT2D eigenvalue weighted by Gasteiger charge is 2.30. The van der Waals surface area contributed by atoms with Crippen molar-refractivity contribution in [1.82, 2.24) is 5.32 Å². The van der Waals surface area contributed by atoms with Crippen LogP contribution in [0.1, 0.15) is 78.1 Å². The predicted molar refractivity (Wildman–Crippen MR) is 86.2 cm³/mol. The van der Waals surface area contributed by atoms with Gasteiger partial charge < -0.3 is 10.1 Å². The molecule has 1 N–H and O–H groups in total. The van der Waals surface area contributed by atoms with Crippen molar-refractivity contribution in [2.24, 2.45) is 11.8 Å². The standard InChI is InChI=1S/C18H33NO2/c1-3-21-18(20)16-11-8-12-17(13-16)19-14(2)15-9-6-4-5-7-10-15/h14-17,19H,3-13H2,1-2H3/t14-,16?,17?/m1/s1. The van der Waals surface area contributed by atoms with Gasteiger partial charge in [-0.2, -0.15) is 0 Å². The molecule has 0 heterocycles. The average molecular weight is 295 g/mol. The first-order valence-electron chi connectivity index (χ1n) is 9.13. The Bertz CT molecular complexity index is 310. The van der Waals surface area contributed by atoms with Gasteiger partial charge >= 0.3 is 5.97 Å². The van der Waals surface area contributed by atoms with Crippen LogP contribution in [0.15, 0.2) is 0 Å². The molecule has 21 heavy (non-hydrogen) atoms. The molecule has 0 radical (unpaired) electrons. The van der Waals surface area contributed by atoms with Gasteiger partial charge in [-0.1, -0.05) is 32.1 Å². The number of nitrogens with one attached hydrogen (secondary N) is 1. The van der Waals surface area contributed by atoms with E-state index in [1.54, 1.807) is 0 Å². The van der Waals surface area contributed by atoms with E-state index in [4.69, 9.17) is 4.74 Å². The smallest absolute Gasteiger partial charge is 0.308 e. The molecule has 0 spiro atoms. The molecule has 0 aliphatic heterocycles. The van der Waals surface area contributed by atoms with Crippen molar-refractivity contribution >= 4 is 5.97 Å². The van der Waals surface area contributed by atoms with Gasteiger partial charge in [0.05, 0.1) is 12.5 Å². The Labute approximate surface area is 130 Å². The highest BCUT2D eigenvalue weighted by molar-refractivity contribution is 5.72. The number of hydrogen-bond donors (Lipinski definition) is 1. The van der Waals surface area contributed by atoms with E-state index in [-0.39, 0.29) is 11.9 Å². The highest BCUT2D eigenvalue weighted by Crippen LogP contribution is 2.29. The van der Waals surface area contributed by atoms with Gasteiger partial charge in [-0.15, -0.1) is 0 Å². The quantitative estimate of drug-likeness (QED) is 0.614. The maximum atomic E-state index is 11.9. The molecule has 0 aromatic carbocycles. The molecule has 122 valence electrons. The first-order chi connectivity index (χ1) is 10.2. The van der Waals surface area contributed by atoms with Crippen molar-refractivity contribution in [3.8, 4) is 0 Å². The summed E-state index contributed by atoms with van der Waals surface area (Å²) in [4.78, 5) is 11.9. The third-order valence-corrected chi connectivity index (χ3v) is 5.40. The molecule has 3 nitrogen and oxygen atoms in total. The summed E-state index contributed by atoms with van der Waals surface area (Å²) in [5.74, 6) is 0.971. The molecular weight excluding hydrogens is 262 g/mol. The summed E-state index contributed by atoms with van der Waals surface area (Å²) in [6.07, 6.45) is 12.7. The molecule has 3 atom stereocenters. The number of esters is 1. The van der Waals surface area contributed by atoms with Crippen molar-refractivity contribution in [2.45, 2.75) is 90.1 Å². The Balaban J connectivity index is 1.79. The Morgan fingerprint density at radius 2 is 1.81 bits per heavy atom. The second-order valence-electron chi connectivity index (χ2n) is 7.02. The minimum absolute atomic E-state index is 0.0196. The third-order valence-electron chi connectivity index (χ3n) is 5.40. The molecule has 2 rings (SSSR count). The Hall–Kier alpha value is -0.570. The van der Waals surface area contributed by atoms with E-state index in [2.05, 4.69) is 12.2 Å². The number of carbonyl (C=O) groups is 1. The maximum Gasteiger partial charge on any atom is 0.308 e. The number of rotatable bonds is 5. The van der Waals surface area contributed by atoms with Crippen molar-refractivity contribution in [2.75, 3.05) is 6.61 Å². The normalized spacial score (nSPS) is 29.6. The molecule has 2 saturated carbocycles. The molecule has 2 unspecified atom stereocenters. The summed E-state index contributed by atoms with van der Waals surface area (Å²) in [7, 11) is 0. The van der Waals surface area contributed by atoms with Crippen molar-refractivity contribution in [3.05, 3.63) is 0 Å². The van der Waals surface area contributed by atoms with Crippen LogP contribution in [0.5, 0.6) is 0 Å². The van der Waals surface area contributed by atoms with Gasteiger partial charge in [0.2, 0.25) is 0 Å². The van der Waals surface area contributed by atoms with Gasteiger partial charge in [0.15, 0.2) is 0 Å². The topological polar surface area (TPSA) is 38.3 Å². The number of hydrogen-bond acceptors (Lipinski definition) is 3. The van der Waals surface area contributed by atoms with E-state index in [0.717, 1.165) is 25.2 Å². The lowest BCUT2D eigenvalue weighted by Gasteiger charge is -2.33. The lowest BCUT2D eigenvalue weighted by atomic mass is 9.84. The molecule has 3 heteroatoms. The summed E-state index contributed by atoms with van der Waals surface area (Å²) in [5.41, 5.74) is 0. The molecule has 0 amide bonds. The number of ether oxygens (including phenoxy) is 1. The summed E-state index contributed by atoms with van der Waals surface area (Å²) in [6.45, 7) is 4.75. The highest BCUT2D eigenvalue weighted by atomic mass is 16.5. The Morgan fingerprint density at radius 1 is 1.10 bits per heavy atom. The van der Waals surface area contributed by atoms with Crippen LogP contribution in [-0.4, -0.2) is 24.7 Å². The van der Waals surface area contributed by atoms with Gasteiger partial charge in [0.25, 0.3) is 0 Å². The molecule has 0 bridgehead atoms. The maximum absolute atomic E-state index is 11.9. The molecular formula is C18H33NO2. The minimum atomic E-state index is 0.0196. The van der Waals surface area contributed by atoms with E-state index >= 15 is 0 Å². The SMILES string of the molecule is CCOC(=O)C1CCCC(N[C@H](C)C2CCCCCC2)C1.